The van der Waals surface area contributed by atoms with Gasteiger partial charge in [-0.05, 0) is 50.0 Å². The van der Waals surface area contributed by atoms with E-state index in [0.29, 0.717) is 17.4 Å². The Morgan fingerprint density at radius 3 is 3.06 bits per heavy atom. The Labute approximate surface area is 111 Å². The van der Waals surface area contributed by atoms with Crippen LogP contribution < -0.4 is 10.6 Å². The lowest BCUT2D eigenvalue weighted by atomic mass is 9.96. The van der Waals surface area contributed by atoms with E-state index in [1.807, 2.05) is 0 Å². The van der Waals surface area contributed by atoms with E-state index in [-0.39, 0.29) is 11.6 Å². The summed E-state index contributed by atoms with van der Waals surface area (Å²) in [6, 6.07) is 4.23. The van der Waals surface area contributed by atoms with Gasteiger partial charge in [-0.15, -0.1) is 0 Å². The highest BCUT2D eigenvalue weighted by molar-refractivity contribution is 6.30. The molecule has 0 aromatic heterocycles. The predicted octanol–water partition coefficient (Wildman–Crippen LogP) is 2.81. The van der Waals surface area contributed by atoms with Crippen LogP contribution in [0.1, 0.15) is 19.3 Å². The van der Waals surface area contributed by atoms with Gasteiger partial charge in [0.1, 0.15) is 5.82 Å². The highest BCUT2D eigenvalue weighted by Gasteiger charge is 2.17. The average Bonchev–Trinajstić information content (AvgIpc) is 2.34. The molecule has 5 heteroatoms. The van der Waals surface area contributed by atoms with Crippen LogP contribution in [0.5, 0.6) is 0 Å². The van der Waals surface area contributed by atoms with Gasteiger partial charge in [-0.3, -0.25) is 4.79 Å². The molecule has 0 bridgehead atoms. The summed E-state index contributed by atoms with van der Waals surface area (Å²) in [5.74, 6) is -0.309. The standard InChI is InChI=1S/C13H16ClFN2O/c14-10-3-4-12(11(15)7-10)17-13(18)6-9-2-1-5-16-8-9/h3-4,7,9,16H,1-2,5-6,8H2,(H,17,18). The molecule has 1 aliphatic rings. The van der Waals surface area contributed by atoms with Gasteiger partial charge in [-0.25, -0.2) is 4.39 Å². The number of carbonyl (C=O) groups is 1. The lowest BCUT2D eigenvalue weighted by molar-refractivity contribution is -0.117. The second-order valence-corrected chi connectivity index (χ2v) is 5.03. The maximum atomic E-state index is 13.5. The maximum Gasteiger partial charge on any atom is 0.224 e. The summed E-state index contributed by atoms with van der Waals surface area (Å²) < 4.78 is 13.5. The first-order valence-electron chi connectivity index (χ1n) is 6.11. The van der Waals surface area contributed by atoms with Crippen LogP contribution in [0.3, 0.4) is 0 Å². The van der Waals surface area contributed by atoms with Crippen LogP contribution in [-0.2, 0) is 4.79 Å². The first-order chi connectivity index (χ1) is 8.65. The Morgan fingerprint density at radius 2 is 2.39 bits per heavy atom. The van der Waals surface area contributed by atoms with E-state index < -0.39 is 5.82 Å². The van der Waals surface area contributed by atoms with Gasteiger partial charge < -0.3 is 10.6 Å². The molecule has 98 valence electrons. The number of anilines is 1. The molecule has 1 aliphatic heterocycles. The molecular weight excluding hydrogens is 255 g/mol. The lowest BCUT2D eigenvalue weighted by Gasteiger charge is -2.22. The van der Waals surface area contributed by atoms with Crippen molar-refractivity contribution in [2.75, 3.05) is 18.4 Å². The third-order valence-corrected chi connectivity index (χ3v) is 3.31. The van der Waals surface area contributed by atoms with Gasteiger partial charge in [0.05, 0.1) is 5.69 Å². The Hall–Kier alpha value is -1.13. The Morgan fingerprint density at radius 1 is 1.56 bits per heavy atom. The van der Waals surface area contributed by atoms with Crippen LogP contribution >= 0.6 is 11.6 Å². The van der Waals surface area contributed by atoms with Gasteiger partial charge in [0.25, 0.3) is 0 Å². The molecule has 0 radical (unpaired) electrons. The van der Waals surface area contributed by atoms with Crippen molar-refractivity contribution in [3.05, 3.63) is 29.0 Å². The fourth-order valence-electron chi connectivity index (χ4n) is 2.15. The molecule has 1 aromatic rings. The van der Waals surface area contributed by atoms with E-state index in [1.165, 1.54) is 12.1 Å². The molecule has 18 heavy (non-hydrogen) atoms. The Kier molecular flexibility index (Phi) is 4.55. The summed E-state index contributed by atoms with van der Waals surface area (Å²) in [5.41, 5.74) is 0.188. The summed E-state index contributed by atoms with van der Waals surface area (Å²) in [5, 5.41) is 6.16. The molecule has 1 atom stereocenters. The number of hydrogen-bond acceptors (Lipinski definition) is 2. The fraction of sp³-hybridized carbons (Fsp3) is 0.462. The quantitative estimate of drug-likeness (QED) is 0.887. The van der Waals surface area contributed by atoms with Crippen LogP contribution in [0.2, 0.25) is 5.02 Å². The number of piperidine rings is 1. The van der Waals surface area contributed by atoms with Crippen molar-refractivity contribution in [1.82, 2.24) is 5.32 Å². The van der Waals surface area contributed by atoms with Crippen molar-refractivity contribution in [2.24, 2.45) is 5.92 Å². The minimum Gasteiger partial charge on any atom is -0.324 e. The monoisotopic (exact) mass is 270 g/mol. The molecule has 1 unspecified atom stereocenters. The fourth-order valence-corrected chi connectivity index (χ4v) is 2.31. The number of benzene rings is 1. The first kappa shape index (κ1) is 13.3. The average molecular weight is 271 g/mol. The molecule has 0 spiro atoms. The van der Waals surface area contributed by atoms with Gasteiger partial charge in [-0.2, -0.15) is 0 Å². The van der Waals surface area contributed by atoms with Crippen LogP contribution in [0.15, 0.2) is 18.2 Å². The van der Waals surface area contributed by atoms with Crippen LogP contribution in [0, 0.1) is 11.7 Å². The second kappa shape index (κ2) is 6.16. The summed E-state index contributed by atoms with van der Waals surface area (Å²) in [6.45, 7) is 1.88. The second-order valence-electron chi connectivity index (χ2n) is 4.59. The number of amides is 1. The van der Waals surface area contributed by atoms with Gasteiger partial charge >= 0.3 is 0 Å². The molecule has 0 saturated carbocycles. The molecule has 1 heterocycles. The van der Waals surface area contributed by atoms with E-state index in [0.717, 1.165) is 25.9 Å². The Balaban J connectivity index is 1.90. The smallest absolute Gasteiger partial charge is 0.224 e. The van der Waals surface area contributed by atoms with Gasteiger partial charge in [-0.1, -0.05) is 11.6 Å². The van der Waals surface area contributed by atoms with Crippen molar-refractivity contribution in [1.29, 1.82) is 0 Å². The van der Waals surface area contributed by atoms with Crippen molar-refractivity contribution in [3.63, 3.8) is 0 Å². The number of rotatable bonds is 3. The maximum absolute atomic E-state index is 13.5. The number of carbonyl (C=O) groups excluding carboxylic acids is 1. The van der Waals surface area contributed by atoms with Gasteiger partial charge in [0, 0.05) is 11.4 Å². The van der Waals surface area contributed by atoms with Crippen LogP contribution in [0.4, 0.5) is 10.1 Å². The number of halogens is 2. The minimum atomic E-state index is -0.502. The zero-order valence-corrected chi connectivity index (χ0v) is 10.8. The van der Waals surface area contributed by atoms with E-state index in [4.69, 9.17) is 11.6 Å². The van der Waals surface area contributed by atoms with Crippen molar-refractivity contribution < 1.29 is 9.18 Å². The van der Waals surface area contributed by atoms with Gasteiger partial charge in [0.15, 0.2) is 0 Å². The molecule has 2 N–H and O–H groups in total. The van der Waals surface area contributed by atoms with Gasteiger partial charge in [0.2, 0.25) is 5.91 Å². The highest BCUT2D eigenvalue weighted by atomic mass is 35.5. The summed E-state index contributed by atoms with van der Waals surface area (Å²) in [4.78, 5) is 11.8. The number of nitrogens with one attached hydrogen (secondary N) is 2. The third kappa shape index (κ3) is 3.68. The summed E-state index contributed by atoms with van der Waals surface area (Å²) >= 11 is 5.65. The number of hydrogen-bond donors (Lipinski definition) is 2. The van der Waals surface area contributed by atoms with E-state index in [9.17, 15) is 9.18 Å². The topological polar surface area (TPSA) is 41.1 Å². The third-order valence-electron chi connectivity index (χ3n) is 3.08. The molecule has 1 aromatic carbocycles. The van der Waals surface area contributed by atoms with Crippen LogP contribution in [-0.4, -0.2) is 19.0 Å². The van der Waals surface area contributed by atoms with Crippen molar-refractivity contribution >= 4 is 23.2 Å². The summed E-state index contributed by atoms with van der Waals surface area (Å²) in [6.07, 6.45) is 2.56. The SMILES string of the molecule is O=C(CC1CCCNC1)Nc1ccc(Cl)cc1F. The van der Waals surface area contributed by atoms with Crippen molar-refractivity contribution in [2.45, 2.75) is 19.3 Å². The van der Waals surface area contributed by atoms with E-state index >= 15 is 0 Å². The van der Waals surface area contributed by atoms with E-state index in [1.54, 1.807) is 6.07 Å². The molecule has 2 rings (SSSR count). The Bertz CT molecular complexity index is 433. The van der Waals surface area contributed by atoms with Crippen molar-refractivity contribution in [3.8, 4) is 0 Å². The normalized spacial score (nSPS) is 19.6. The zero-order valence-electron chi connectivity index (χ0n) is 10.0. The van der Waals surface area contributed by atoms with Crippen LogP contribution in [0.25, 0.3) is 0 Å². The molecule has 3 nitrogen and oxygen atoms in total. The predicted molar refractivity (Wildman–Crippen MR) is 70.3 cm³/mol. The molecule has 1 amide bonds. The molecular formula is C13H16ClFN2O. The summed E-state index contributed by atoms with van der Waals surface area (Å²) in [7, 11) is 0. The zero-order chi connectivity index (χ0) is 13.0. The molecule has 1 saturated heterocycles. The highest BCUT2D eigenvalue weighted by Crippen LogP contribution is 2.20. The molecule has 1 fully saturated rings. The largest absolute Gasteiger partial charge is 0.324 e. The lowest BCUT2D eigenvalue weighted by Crippen LogP contribution is -2.32. The minimum absolute atomic E-state index is 0.148. The van der Waals surface area contributed by atoms with E-state index in [2.05, 4.69) is 10.6 Å². The first-order valence-corrected chi connectivity index (χ1v) is 6.48. The molecule has 0 aliphatic carbocycles.